The van der Waals surface area contributed by atoms with E-state index >= 15 is 0 Å². The van der Waals surface area contributed by atoms with Gasteiger partial charge in [-0.3, -0.25) is 18.6 Å². The largest absolute Gasteiger partial charge is 0.472 e. The molecule has 0 saturated carbocycles. The summed E-state index contributed by atoms with van der Waals surface area (Å²) in [5.41, 5.74) is 0. The Labute approximate surface area is 191 Å². The fourth-order valence-corrected chi connectivity index (χ4v) is 3.40. The summed E-state index contributed by atoms with van der Waals surface area (Å²) in [6, 6.07) is 0. The summed E-state index contributed by atoms with van der Waals surface area (Å²) in [7, 11) is -4.56. The molecule has 0 aliphatic rings. The van der Waals surface area contributed by atoms with Gasteiger partial charge < -0.3 is 24.6 Å². The van der Waals surface area contributed by atoms with E-state index in [9.17, 15) is 24.2 Å². The second-order valence-electron chi connectivity index (χ2n) is 7.67. The van der Waals surface area contributed by atoms with Crippen molar-refractivity contribution in [3.05, 3.63) is 0 Å². The van der Waals surface area contributed by atoms with E-state index < -0.39 is 51.8 Å². The van der Waals surface area contributed by atoms with Gasteiger partial charge in [-0.05, 0) is 12.8 Å². The van der Waals surface area contributed by atoms with E-state index in [1.165, 1.54) is 19.3 Å². The topological polar surface area (TPSA) is 149 Å². The van der Waals surface area contributed by atoms with E-state index in [1.54, 1.807) is 0 Å². The summed E-state index contributed by atoms with van der Waals surface area (Å²) >= 11 is 0. The van der Waals surface area contributed by atoms with Crippen LogP contribution in [0.1, 0.15) is 84.5 Å². The molecule has 1 unspecified atom stereocenters. The van der Waals surface area contributed by atoms with Crippen molar-refractivity contribution in [1.82, 2.24) is 0 Å². The van der Waals surface area contributed by atoms with Crippen molar-refractivity contribution in [1.29, 1.82) is 0 Å². The van der Waals surface area contributed by atoms with Crippen LogP contribution >= 0.6 is 7.82 Å². The Morgan fingerprint density at radius 1 is 0.812 bits per heavy atom. The Morgan fingerprint density at radius 2 is 1.38 bits per heavy atom. The average Bonchev–Trinajstić information content (AvgIpc) is 2.77. The molecule has 0 fully saturated rings. The predicted octanol–water partition coefficient (Wildman–Crippen LogP) is 3.26. The highest BCUT2D eigenvalue weighted by molar-refractivity contribution is 7.47. The minimum Gasteiger partial charge on any atom is -0.462 e. The third-order valence-electron chi connectivity index (χ3n) is 4.51. The second-order valence-corrected chi connectivity index (χ2v) is 9.12. The van der Waals surface area contributed by atoms with Gasteiger partial charge in [-0.25, -0.2) is 4.57 Å². The molecule has 0 spiro atoms. The molecule has 0 aromatic carbocycles. The summed E-state index contributed by atoms with van der Waals surface area (Å²) in [5.74, 6) is -0.976. The number of esters is 2. The van der Waals surface area contributed by atoms with Crippen LogP contribution in [0.5, 0.6) is 0 Å². The third-order valence-corrected chi connectivity index (χ3v) is 5.46. The van der Waals surface area contributed by atoms with Gasteiger partial charge in [-0.15, -0.1) is 0 Å². The van der Waals surface area contributed by atoms with Gasteiger partial charge in [-0.2, -0.15) is 0 Å². The molecule has 32 heavy (non-hydrogen) atoms. The number of ether oxygens (including phenoxy) is 2. The van der Waals surface area contributed by atoms with E-state index in [0.29, 0.717) is 12.8 Å². The van der Waals surface area contributed by atoms with Crippen LogP contribution in [-0.4, -0.2) is 65.7 Å². The third kappa shape index (κ3) is 18.5. The molecular weight excluding hydrogens is 443 g/mol. The molecule has 0 aromatic heterocycles. The summed E-state index contributed by atoms with van der Waals surface area (Å²) in [5, 5.41) is 17.9. The number of carbonyl (C=O) groups is 2. The van der Waals surface area contributed by atoms with Gasteiger partial charge in [-0.1, -0.05) is 58.8 Å². The van der Waals surface area contributed by atoms with E-state index in [2.05, 4.69) is 11.4 Å². The normalized spacial score (nSPS) is 15.0. The highest BCUT2D eigenvalue weighted by atomic mass is 31.2. The summed E-state index contributed by atoms with van der Waals surface area (Å²) in [6.07, 6.45) is 6.84. The maximum absolute atomic E-state index is 12.0. The van der Waals surface area contributed by atoms with E-state index in [1.807, 2.05) is 6.92 Å². The second kappa shape index (κ2) is 19.4. The molecule has 10 nitrogen and oxygen atoms in total. The van der Waals surface area contributed by atoms with Crippen LogP contribution in [0.25, 0.3) is 0 Å². The van der Waals surface area contributed by atoms with Crippen LogP contribution in [0.15, 0.2) is 0 Å². The van der Waals surface area contributed by atoms with Crippen LogP contribution in [0.2, 0.25) is 0 Å². The molecule has 0 saturated heterocycles. The summed E-state index contributed by atoms with van der Waals surface area (Å²) in [4.78, 5) is 33.5. The molecule has 0 rings (SSSR count). The fourth-order valence-electron chi connectivity index (χ4n) is 2.61. The molecule has 3 atom stereocenters. The maximum atomic E-state index is 12.0. The number of hydrogen-bond donors (Lipinski definition) is 3. The number of aliphatic hydroxyl groups is 2. The minimum absolute atomic E-state index is 0.162. The van der Waals surface area contributed by atoms with E-state index in [0.717, 1.165) is 25.7 Å². The summed E-state index contributed by atoms with van der Waals surface area (Å²) < 4.78 is 31.6. The highest BCUT2D eigenvalue weighted by Gasteiger charge is 2.27. The molecule has 11 heteroatoms. The van der Waals surface area contributed by atoms with Gasteiger partial charge in [0.1, 0.15) is 12.7 Å². The lowest BCUT2D eigenvalue weighted by Gasteiger charge is -2.20. The van der Waals surface area contributed by atoms with Gasteiger partial charge in [0.15, 0.2) is 6.10 Å². The number of phosphoric ester groups is 1. The molecule has 0 radical (unpaired) electrons. The maximum Gasteiger partial charge on any atom is 0.472 e. The Bertz CT molecular complexity index is 543. The SMILES string of the molecule is CCCCCCCCCC(=O)OC[C@H](COP(=O)(O)OC[C@@H](O)CO)OC(=O)CCCC. The van der Waals surface area contributed by atoms with Crippen molar-refractivity contribution in [2.45, 2.75) is 96.7 Å². The van der Waals surface area contributed by atoms with Gasteiger partial charge in [0.05, 0.1) is 19.8 Å². The smallest absolute Gasteiger partial charge is 0.462 e. The first-order valence-electron chi connectivity index (χ1n) is 11.5. The van der Waals surface area contributed by atoms with Gasteiger partial charge in [0.2, 0.25) is 0 Å². The lowest BCUT2D eigenvalue weighted by Crippen LogP contribution is -2.29. The lowest BCUT2D eigenvalue weighted by atomic mass is 10.1. The first-order valence-corrected chi connectivity index (χ1v) is 13.0. The Balaban J connectivity index is 4.46. The van der Waals surface area contributed by atoms with Crippen LogP contribution < -0.4 is 0 Å². The van der Waals surface area contributed by atoms with Crippen molar-refractivity contribution in [3.8, 4) is 0 Å². The quantitative estimate of drug-likeness (QED) is 0.126. The van der Waals surface area contributed by atoms with Crippen molar-refractivity contribution in [2.75, 3.05) is 26.4 Å². The predicted molar refractivity (Wildman–Crippen MR) is 118 cm³/mol. The van der Waals surface area contributed by atoms with Gasteiger partial charge in [0, 0.05) is 12.8 Å². The molecule has 190 valence electrons. The zero-order chi connectivity index (χ0) is 24.2. The molecule has 0 aromatic rings. The van der Waals surface area contributed by atoms with Crippen molar-refractivity contribution in [3.63, 3.8) is 0 Å². The molecule has 0 amide bonds. The Hall–Kier alpha value is -1.03. The standard InChI is InChI=1S/C21H41O10P/c1-3-5-7-8-9-10-11-13-20(24)28-16-19(31-21(25)12-6-4-2)17-30-32(26,27)29-15-18(23)14-22/h18-19,22-23H,3-17H2,1-2H3,(H,26,27)/t18-,19+/m0/s1. The zero-order valence-electron chi connectivity index (χ0n) is 19.4. The van der Waals surface area contributed by atoms with Crippen LogP contribution in [-0.2, 0) is 32.7 Å². The molecular formula is C21H41O10P. The number of carbonyl (C=O) groups excluding carboxylic acids is 2. The lowest BCUT2D eigenvalue weighted by molar-refractivity contribution is -0.161. The van der Waals surface area contributed by atoms with Crippen molar-refractivity contribution in [2.24, 2.45) is 0 Å². The first kappa shape index (κ1) is 31.0. The molecule has 3 N–H and O–H groups in total. The van der Waals surface area contributed by atoms with Crippen molar-refractivity contribution >= 4 is 19.8 Å². The van der Waals surface area contributed by atoms with Crippen LogP contribution in [0, 0.1) is 0 Å². The molecule has 0 bridgehead atoms. The van der Waals surface area contributed by atoms with Crippen LogP contribution in [0.4, 0.5) is 0 Å². The number of hydrogen-bond acceptors (Lipinski definition) is 9. The highest BCUT2D eigenvalue weighted by Crippen LogP contribution is 2.43. The summed E-state index contributed by atoms with van der Waals surface area (Å²) in [6.45, 7) is 1.96. The zero-order valence-corrected chi connectivity index (χ0v) is 20.3. The fraction of sp³-hybridized carbons (Fsp3) is 0.905. The number of aliphatic hydroxyl groups excluding tert-OH is 2. The van der Waals surface area contributed by atoms with Gasteiger partial charge in [0.25, 0.3) is 0 Å². The number of rotatable bonds is 21. The average molecular weight is 485 g/mol. The Morgan fingerprint density at radius 3 is 2.00 bits per heavy atom. The molecule has 0 aliphatic heterocycles. The molecule has 0 aliphatic carbocycles. The number of phosphoric acid groups is 1. The van der Waals surface area contributed by atoms with Crippen LogP contribution in [0.3, 0.4) is 0 Å². The number of unbranched alkanes of at least 4 members (excludes halogenated alkanes) is 7. The van der Waals surface area contributed by atoms with E-state index in [4.69, 9.17) is 19.1 Å². The van der Waals surface area contributed by atoms with Crippen molar-refractivity contribution < 1.29 is 47.8 Å². The minimum atomic E-state index is -4.56. The monoisotopic (exact) mass is 484 g/mol. The van der Waals surface area contributed by atoms with Gasteiger partial charge >= 0.3 is 19.8 Å². The van der Waals surface area contributed by atoms with E-state index in [-0.39, 0.29) is 19.4 Å². The molecule has 0 heterocycles. The Kier molecular flexibility index (Phi) is 18.8. The first-order chi connectivity index (χ1) is 15.2.